The Balaban J connectivity index is 1.82. The minimum Gasteiger partial charge on any atom is -0.346 e. The molecule has 150 valence electrons. The summed E-state index contributed by atoms with van der Waals surface area (Å²) in [6.07, 6.45) is 2.75. The summed E-state index contributed by atoms with van der Waals surface area (Å²) in [5.74, 6) is -0.696. The summed E-state index contributed by atoms with van der Waals surface area (Å²) in [5.41, 5.74) is 1.79. The predicted octanol–water partition coefficient (Wildman–Crippen LogP) is 3.80. The van der Waals surface area contributed by atoms with E-state index in [-0.39, 0.29) is 22.7 Å². The van der Waals surface area contributed by atoms with Crippen molar-refractivity contribution in [2.24, 2.45) is 0 Å². The van der Waals surface area contributed by atoms with Crippen LogP contribution in [0.25, 0.3) is 0 Å². The van der Waals surface area contributed by atoms with E-state index in [1.807, 2.05) is 0 Å². The molecule has 1 atom stereocenters. The Morgan fingerprint density at radius 2 is 1.71 bits per heavy atom. The maximum Gasteiger partial charge on any atom is 0.252 e. The number of nitrogens with one attached hydrogen (secondary N) is 1. The van der Waals surface area contributed by atoms with Gasteiger partial charge in [0.2, 0.25) is 10.0 Å². The van der Waals surface area contributed by atoms with Gasteiger partial charge in [-0.05, 0) is 62.1 Å². The van der Waals surface area contributed by atoms with Gasteiger partial charge in [0.1, 0.15) is 5.82 Å². The van der Waals surface area contributed by atoms with Gasteiger partial charge in [-0.1, -0.05) is 24.6 Å². The van der Waals surface area contributed by atoms with E-state index in [4.69, 9.17) is 0 Å². The van der Waals surface area contributed by atoms with Crippen LogP contribution in [0, 0.1) is 12.7 Å². The Labute approximate surface area is 165 Å². The molecule has 0 saturated carbocycles. The fourth-order valence-corrected chi connectivity index (χ4v) is 4.91. The Morgan fingerprint density at radius 3 is 2.36 bits per heavy atom. The number of benzene rings is 2. The van der Waals surface area contributed by atoms with Crippen molar-refractivity contribution in [3.8, 4) is 0 Å². The van der Waals surface area contributed by atoms with Crippen LogP contribution >= 0.6 is 0 Å². The van der Waals surface area contributed by atoms with E-state index in [0.29, 0.717) is 24.2 Å². The number of hydrogen-bond donors (Lipinski definition) is 1. The zero-order valence-corrected chi connectivity index (χ0v) is 16.9. The standard InChI is InChI=1S/C21H25FN2O3S/c1-15-6-11-19(28(26,27)24-12-4-3-5-13-24)14-20(15)21(25)23-16(2)17-7-9-18(22)10-8-17/h6-11,14,16H,3-5,12-13H2,1-2H3,(H,23,25)/t16-/m1/s1. The Bertz CT molecular complexity index is 952. The highest BCUT2D eigenvalue weighted by Crippen LogP contribution is 2.23. The minimum atomic E-state index is -3.61. The summed E-state index contributed by atoms with van der Waals surface area (Å²) in [6, 6.07) is 10.2. The third kappa shape index (κ3) is 4.42. The zero-order valence-electron chi connectivity index (χ0n) is 16.1. The van der Waals surface area contributed by atoms with Crippen LogP contribution in [-0.2, 0) is 10.0 Å². The molecule has 1 aliphatic rings. The molecule has 5 nitrogen and oxygen atoms in total. The number of amides is 1. The second-order valence-corrected chi connectivity index (χ2v) is 9.13. The van der Waals surface area contributed by atoms with Crippen LogP contribution in [0.1, 0.15) is 53.7 Å². The molecule has 1 fully saturated rings. The smallest absolute Gasteiger partial charge is 0.252 e. The Hall–Kier alpha value is -2.25. The third-order valence-corrected chi connectivity index (χ3v) is 7.02. The first-order valence-corrected chi connectivity index (χ1v) is 10.9. The van der Waals surface area contributed by atoms with Crippen molar-refractivity contribution in [2.75, 3.05) is 13.1 Å². The summed E-state index contributed by atoms with van der Waals surface area (Å²) in [4.78, 5) is 12.9. The molecule has 1 saturated heterocycles. The van der Waals surface area contributed by atoms with Gasteiger partial charge in [-0.25, -0.2) is 12.8 Å². The lowest BCUT2D eigenvalue weighted by molar-refractivity contribution is 0.0939. The SMILES string of the molecule is Cc1ccc(S(=O)(=O)N2CCCCC2)cc1C(=O)N[C@H](C)c1ccc(F)cc1. The van der Waals surface area contributed by atoms with E-state index in [9.17, 15) is 17.6 Å². The fourth-order valence-electron chi connectivity index (χ4n) is 3.37. The van der Waals surface area contributed by atoms with Gasteiger partial charge in [-0.2, -0.15) is 4.31 Å². The topological polar surface area (TPSA) is 66.5 Å². The minimum absolute atomic E-state index is 0.139. The monoisotopic (exact) mass is 404 g/mol. The number of rotatable bonds is 5. The number of carbonyl (C=O) groups excluding carboxylic acids is 1. The van der Waals surface area contributed by atoms with Crippen LogP contribution in [0.15, 0.2) is 47.4 Å². The molecule has 7 heteroatoms. The number of hydrogen-bond acceptors (Lipinski definition) is 3. The van der Waals surface area contributed by atoms with Crippen molar-refractivity contribution in [3.63, 3.8) is 0 Å². The van der Waals surface area contributed by atoms with Gasteiger partial charge in [-0.15, -0.1) is 0 Å². The molecule has 0 spiro atoms. The second-order valence-electron chi connectivity index (χ2n) is 7.19. The van der Waals surface area contributed by atoms with E-state index in [1.165, 1.54) is 22.5 Å². The van der Waals surface area contributed by atoms with Gasteiger partial charge in [-0.3, -0.25) is 4.79 Å². The van der Waals surface area contributed by atoms with Crippen LogP contribution in [0.4, 0.5) is 4.39 Å². The van der Waals surface area contributed by atoms with Crippen LogP contribution in [-0.4, -0.2) is 31.7 Å². The number of sulfonamides is 1. The largest absolute Gasteiger partial charge is 0.346 e. The lowest BCUT2D eigenvalue weighted by atomic mass is 10.1. The first kappa shape index (κ1) is 20.5. The number of piperidine rings is 1. The number of carbonyl (C=O) groups is 1. The molecule has 0 aliphatic carbocycles. The molecule has 28 heavy (non-hydrogen) atoms. The van der Waals surface area contributed by atoms with Crippen LogP contribution in [0.2, 0.25) is 0 Å². The highest BCUT2D eigenvalue weighted by atomic mass is 32.2. The van der Waals surface area contributed by atoms with Crippen LogP contribution in [0.5, 0.6) is 0 Å². The molecule has 2 aromatic carbocycles. The van der Waals surface area contributed by atoms with E-state index in [1.54, 1.807) is 38.1 Å². The third-order valence-electron chi connectivity index (χ3n) is 5.12. The number of halogens is 1. The maximum absolute atomic E-state index is 13.1. The molecule has 0 unspecified atom stereocenters. The zero-order chi connectivity index (χ0) is 20.3. The first-order valence-electron chi connectivity index (χ1n) is 9.46. The normalized spacial score (nSPS) is 16.5. The van der Waals surface area contributed by atoms with Crippen molar-refractivity contribution < 1.29 is 17.6 Å². The first-order chi connectivity index (χ1) is 13.3. The highest BCUT2D eigenvalue weighted by molar-refractivity contribution is 7.89. The molecule has 1 heterocycles. The molecule has 0 radical (unpaired) electrons. The molecular weight excluding hydrogens is 379 g/mol. The molecule has 3 rings (SSSR count). The van der Waals surface area contributed by atoms with E-state index in [0.717, 1.165) is 24.8 Å². The van der Waals surface area contributed by atoms with E-state index >= 15 is 0 Å². The molecule has 0 aromatic heterocycles. The van der Waals surface area contributed by atoms with Crippen molar-refractivity contribution in [3.05, 3.63) is 65.0 Å². The van der Waals surface area contributed by atoms with Gasteiger partial charge >= 0.3 is 0 Å². The predicted molar refractivity (Wildman–Crippen MR) is 106 cm³/mol. The van der Waals surface area contributed by atoms with Gasteiger partial charge in [0.15, 0.2) is 0 Å². The average Bonchev–Trinajstić information content (AvgIpc) is 2.69. The molecular formula is C21H25FN2O3S. The molecule has 2 aromatic rings. The molecule has 1 amide bonds. The molecule has 1 aliphatic heterocycles. The van der Waals surface area contributed by atoms with E-state index < -0.39 is 10.0 Å². The Kier molecular flexibility index (Phi) is 6.15. The van der Waals surface area contributed by atoms with Crippen molar-refractivity contribution in [1.82, 2.24) is 9.62 Å². The summed E-state index contributed by atoms with van der Waals surface area (Å²) in [5, 5.41) is 2.86. The summed E-state index contributed by atoms with van der Waals surface area (Å²) >= 11 is 0. The van der Waals surface area contributed by atoms with Crippen molar-refractivity contribution in [1.29, 1.82) is 0 Å². The quantitative estimate of drug-likeness (QED) is 0.824. The van der Waals surface area contributed by atoms with Gasteiger partial charge < -0.3 is 5.32 Å². The lowest BCUT2D eigenvalue weighted by Crippen LogP contribution is -2.35. The lowest BCUT2D eigenvalue weighted by Gasteiger charge is -2.26. The van der Waals surface area contributed by atoms with Crippen molar-refractivity contribution >= 4 is 15.9 Å². The van der Waals surface area contributed by atoms with Crippen LogP contribution < -0.4 is 5.32 Å². The number of aryl methyl sites for hydroxylation is 1. The maximum atomic E-state index is 13.1. The highest BCUT2D eigenvalue weighted by Gasteiger charge is 2.27. The van der Waals surface area contributed by atoms with Crippen LogP contribution in [0.3, 0.4) is 0 Å². The Morgan fingerprint density at radius 1 is 1.07 bits per heavy atom. The van der Waals surface area contributed by atoms with Crippen molar-refractivity contribution in [2.45, 2.75) is 44.0 Å². The summed E-state index contributed by atoms with van der Waals surface area (Å²) in [7, 11) is -3.61. The molecule has 1 N–H and O–H groups in total. The number of nitrogens with zero attached hydrogens (tertiary/aromatic N) is 1. The van der Waals surface area contributed by atoms with Gasteiger partial charge in [0, 0.05) is 18.7 Å². The average molecular weight is 405 g/mol. The van der Waals surface area contributed by atoms with E-state index in [2.05, 4.69) is 5.32 Å². The van der Waals surface area contributed by atoms with Gasteiger partial charge in [0.25, 0.3) is 5.91 Å². The fraction of sp³-hybridized carbons (Fsp3) is 0.381. The summed E-state index contributed by atoms with van der Waals surface area (Å²) in [6.45, 7) is 4.60. The van der Waals surface area contributed by atoms with Gasteiger partial charge in [0.05, 0.1) is 10.9 Å². The second kappa shape index (κ2) is 8.41. The summed E-state index contributed by atoms with van der Waals surface area (Å²) < 4.78 is 40.4. The molecule has 0 bridgehead atoms.